The van der Waals surface area contributed by atoms with Crippen LogP contribution >= 0.6 is 0 Å². The molecule has 148 valence electrons. The highest BCUT2D eigenvalue weighted by molar-refractivity contribution is 5.90. The molecular weight excluding hydrogens is 378 g/mol. The minimum absolute atomic E-state index is 0.119. The fourth-order valence-electron chi connectivity index (χ4n) is 3.34. The second-order valence-corrected chi connectivity index (χ2v) is 6.54. The molecule has 0 aromatic heterocycles. The Morgan fingerprint density at radius 2 is 1.48 bits per heavy atom. The molecule has 0 aliphatic carbocycles. The van der Waals surface area contributed by atoms with Crippen molar-refractivity contribution in [3.05, 3.63) is 82.2 Å². The van der Waals surface area contributed by atoms with E-state index in [4.69, 9.17) is 24.5 Å². The van der Waals surface area contributed by atoms with E-state index in [2.05, 4.69) is 10.0 Å². The molecule has 5 atom stereocenters. The first-order valence-electron chi connectivity index (χ1n) is 9.00. The van der Waals surface area contributed by atoms with Gasteiger partial charge in [-0.25, -0.2) is 9.59 Å². The van der Waals surface area contributed by atoms with Crippen LogP contribution in [0.1, 0.15) is 20.7 Å². The van der Waals surface area contributed by atoms with Crippen LogP contribution in [0.2, 0.25) is 0 Å². The molecule has 0 amide bonds. The molecule has 29 heavy (non-hydrogen) atoms. The van der Waals surface area contributed by atoms with Crippen molar-refractivity contribution in [1.82, 2.24) is 0 Å². The maximum absolute atomic E-state index is 12.6. The number of nitrogens with zero attached hydrogens (tertiary/aromatic N) is 3. The van der Waals surface area contributed by atoms with Crippen LogP contribution in [-0.4, -0.2) is 49.2 Å². The number of hydrogen-bond donors (Lipinski definition) is 0. The van der Waals surface area contributed by atoms with Crippen LogP contribution < -0.4 is 0 Å². The lowest BCUT2D eigenvalue weighted by Gasteiger charge is -2.37. The first-order chi connectivity index (χ1) is 14.2. The van der Waals surface area contributed by atoms with E-state index in [1.165, 1.54) is 0 Å². The third-order valence-electron chi connectivity index (χ3n) is 4.73. The van der Waals surface area contributed by atoms with Crippen LogP contribution in [-0.2, 0) is 18.9 Å². The molecule has 2 aromatic carbocycles. The summed E-state index contributed by atoms with van der Waals surface area (Å²) in [5, 5.41) is 3.68. The fraction of sp³-hybridized carbons (Fsp3) is 0.300. The van der Waals surface area contributed by atoms with Crippen molar-refractivity contribution in [3.63, 3.8) is 0 Å². The van der Waals surface area contributed by atoms with Crippen LogP contribution in [0, 0.1) is 0 Å². The topological polar surface area (TPSA) is 120 Å². The molecule has 4 rings (SSSR count). The Kier molecular flexibility index (Phi) is 5.44. The molecule has 2 fully saturated rings. The number of benzene rings is 2. The fourth-order valence-corrected chi connectivity index (χ4v) is 3.34. The van der Waals surface area contributed by atoms with Gasteiger partial charge in [0.15, 0.2) is 18.5 Å². The highest BCUT2D eigenvalue weighted by atomic mass is 16.7. The number of carbonyl (C=O) groups is 2. The molecule has 2 aliphatic rings. The normalized spacial score (nSPS) is 27.5. The number of hydrogen-bond acceptors (Lipinski definition) is 7. The molecule has 0 N–H and O–H groups in total. The summed E-state index contributed by atoms with van der Waals surface area (Å²) in [5.41, 5.74) is 9.61. The second-order valence-electron chi connectivity index (χ2n) is 6.54. The van der Waals surface area contributed by atoms with Crippen molar-refractivity contribution in [2.24, 2.45) is 5.11 Å². The zero-order valence-corrected chi connectivity index (χ0v) is 15.2. The van der Waals surface area contributed by atoms with Gasteiger partial charge in [0.05, 0.1) is 17.7 Å². The Morgan fingerprint density at radius 1 is 0.931 bits per heavy atom. The number of fused-ring (bicyclic) bond motifs is 2. The predicted molar refractivity (Wildman–Crippen MR) is 98.8 cm³/mol. The zero-order chi connectivity index (χ0) is 20.2. The van der Waals surface area contributed by atoms with E-state index in [1.54, 1.807) is 60.7 Å². The summed E-state index contributed by atoms with van der Waals surface area (Å²) >= 11 is 0. The van der Waals surface area contributed by atoms with Gasteiger partial charge < -0.3 is 18.9 Å². The van der Waals surface area contributed by atoms with Gasteiger partial charge in [-0.15, -0.1) is 0 Å². The number of azide groups is 1. The Bertz CT molecular complexity index is 932. The van der Waals surface area contributed by atoms with Crippen LogP contribution in [0.4, 0.5) is 0 Å². The van der Waals surface area contributed by atoms with Crippen molar-refractivity contribution in [2.45, 2.75) is 30.6 Å². The first-order valence-corrected chi connectivity index (χ1v) is 9.00. The van der Waals surface area contributed by atoms with Gasteiger partial charge in [-0.3, -0.25) is 0 Å². The second kappa shape index (κ2) is 8.32. The van der Waals surface area contributed by atoms with E-state index in [1.807, 2.05) is 0 Å². The largest absolute Gasteiger partial charge is 0.454 e. The molecule has 0 spiro atoms. The molecule has 9 heteroatoms. The van der Waals surface area contributed by atoms with Crippen LogP contribution in [0.25, 0.3) is 10.4 Å². The lowest BCUT2D eigenvalue weighted by Crippen LogP contribution is -2.56. The standard InChI is InChI=1S/C20H17N3O6/c21-23-22-15-17(29-19(25)13-9-5-2-6-10-13)16(14-11-26-20(15)27-14)28-18(24)12-7-3-1-4-8-12/h1-10,14-17,20H,11H2/t14-,15-,16-,17-,20-/m1/s1. The van der Waals surface area contributed by atoms with Crippen molar-refractivity contribution >= 4 is 11.9 Å². The smallest absolute Gasteiger partial charge is 0.338 e. The number of ether oxygens (including phenoxy) is 4. The third kappa shape index (κ3) is 3.93. The van der Waals surface area contributed by atoms with Crippen LogP contribution in [0.3, 0.4) is 0 Å². The van der Waals surface area contributed by atoms with Gasteiger partial charge in [0.25, 0.3) is 0 Å². The summed E-state index contributed by atoms with van der Waals surface area (Å²) in [4.78, 5) is 28.0. The van der Waals surface area contributed by atoms with E-state index < -0.39 is 42.6 Å². The predicted octanol–water partition coefficient (Wildman–Crippen LogP) is 2.87. The van der Waals surface area contributed by atoms with E-state index in [0.717, 1.165) is 0 Å². The summed E-state index contributed by atoms with van der Waals surface area (Å²) < 4.78 is 22.4. The van der Waals surface area contributed by atoms with E-state index >= 15 is 0 Å². The van der Waals surface area contributed by atoms with Crippen LogP contribution in [0.5, 0.6) is 0 Å². The zero-order valence-electron chi connectivity index (χ0n) is 15.2. The van der Waals surface area contributed by atoms with E-state index in [9.17, 15) is 9.59 Å². The molecule has 0 unspecified atom stereocenters. The average molecular weight is 395 g/mol. The van der Waals surface area contributed by atoms with Gasteiger partial charge in [-0.1, -0.05) is 41.5 Å². The third-order valence-corrected chi connectivity index (χ3v) is 4.73. The summed E-state index contributed by atoms with van der Waals surface area (Å²) in [7, 11) is 0. The first kappa shape index (κ1) is 18.9. The maximum Gasteiger partial charge on any atom is 0.338 e. The van der Waals surface area contributed by atoms with E-state index in [0.29, 0.717) is 11.1 Å². The number of carbonyl (C=O) groups excluding carboxylic acids is 2. The monoisotopic (exact) mass is 395 g/mol. The van der Waals surface area contributed by atoms with Gasteiger partial charge in [0.1, 0.15) is 12.1 Å². The molecular formula is C20H17N3O6. The van der Waals surface area contributed by atoms with Crippen LogP contribution in [0.15, 0.2) is 65.8 Å². The summed E-state index contributed by atoms with van der Waals surface area (Å²) in [6.07, 6.45) is -3.58. The maximum atomic E-state index is 12.6. The highest BCUT2D eigenvalue weighted by Gasteiger charge is 2.54. The SMILES string of the molecule is [N-]=[N+]=N[C@H]1[C@@H]2OC[C@@H](O2)[C@@H](OC(=O)c2ccccc2)[C@@H]1OC(=O)c1ccccc1. The Morgan fingerprint density at radius 3 is 2.03 bits per heavy atom. The molecule has 2 aliphatic heterocycles. The van der Waals surface area contributed by atoms with Gasteiger partial charge in [0, 0.05) is 4.91 Å². The molecule has 0 saturated carbocycles. The molecule has 2 aromatic rings. The van der Waals surface area contributed by atoms with Gasteiger partial charge in [0.2, 0.25) is 0 Å². The Balaban J connectivity index is 1.61. The number of rotatable bonds is 5. The van der Waals surface area contributed by atoms with Crippen molar-refractivity contribution in [1.29, 1.82) is 0 Å². The molecule has 2 heterocycles. The van der Waals surface area contributed by atoms with Crippen molar-refractivity contribution < 1.29 is 28.5 Å². The minimum Gasteiger partial charge on any atom is -0.454 e. The van der Waals surface area contributed by atoms with Gasteiger partial charge in [-0.05, 0) is 29.8 Å². The lowest BCUT2D eigenvalue weighted by molar-refractivity contribution is -0.179. The Hall–Kier alpha value is -3.39. The van der Waals surface area contributed by atoms with Crippen molar-refractivity contribution in [2.75, 3.05) is 6.61 Å². The molecule has 9 nitrogen and oxygen atoms in total. The highest BCUT2D eigenvalue weighted by Crippen LogP contribution is 2.34. The van der Waals surface area contributed by atoms with Gasteiger partial charge >= 0.3 is 11.9 Å². The van der Waals surface area contributed by atoms with E-state index in [-0.39, 0.29) is 6.61 Å². The average Bonchev–Trinajstić information content (AvgIpc) is 3.20. The van der Waals surface area contributed by atoms with Crippen molar-refractivity contribution in [3.8, 4) is 0 Å². The number of esters is 2. The summed E-state index contributed by atoms with van der Waals surface area (Å²) in [6, 6.07) is 15.8. The molecule has 0 radical (unpaired) electrons. The molecule has 2 bridgehead atoms. The molecule has 2 saturated heterocycles. The minimum atomic E-state index is -1.06. The summed E-state index contributed by atoms with van der Waals surface area (Å²) in [5.74, 6) is -1.24. The van der Waals surface area contributed by atoms with Gasteiger partial charge in [-0.2, -0.15) is 0 Å². The lowest BCUT2D eigenvalue weighted by atomic mass is 9.98. The summed E-state index contributed by atoms with van der Waals surface area (Å²) in [6.45, 7) is 0.119. The quantitative estimate of drug-likeness (QED) is 0.332. The Labute approximate surface area is 165 Å².